The number of esters is 1. The number of aryl methyl sites for hydroxylation is 1. The van der Waals surface area contributed by atoms with Crippen molar-refractivity contribution in [3.05, 3.63) is 52.4 Å². The molecule has 23 heavy (non-hydrogen) atoms. The number of nitrogens with zero attached hydrogens (tertiary/aromatic N) is 1. The summed E-state index contributed by atoms with van der Waals surface area (Å²) in [5.41, 5.74) is 0.662. The molecule has 8 heteroatoms. The fourth-order valence-corrected chi connectivity index (χ4v) is 1.83. The van der Waals surface area contributed by atoms with E-state index in [1.54, 1.807) is 6.92 Å². The molecular formula is C15H12ClFN2O4. The van der Waals surface area contributed by atoms with Crippen LogP contribution in [0, 0.1) is 12.7 Å². The molecule has 0 atom stereocenters. The SMILES string of the molecule is Cc1cc(NC(=O)COC(=O)/C=C\c2c(F)cccc2Cl)on1. The maximum atomic E-state index is 13.5. The number of halogens is 2. The molecule has 0 bridgehead atoms. The third-order valence-electron chi connectivity index (χ3n) is 2.62. The maximum absolute atomic E-state index is 13.5. The number of nitrogens with one attached hydrogen (secondary N) is 1. The first-order chi connectivity index (χ1) is 11.0. The van der Waals surface area contributed by atoms with Gasteiger partial charge in [0.05, 0.1) is 10.7 Å². The monoisotopic (exact) mass is 338 g/mol. The van der Waals surface area contributed by atoms with E-state index in [-0.39, 0.29) is 16.5 Å². The van der Waals surface area contributed by atoms with Gasteiger partial charge in [0, 0.05) is 17.7 Å². The van der Waals surface area contributed by atoms with Crippen LogP contribution in [0.4, 0.5) is 10.3 Å². The lowest BCUT2D eigenvalue weighted by atomic mass is 10.2. The Morgan fingerprint density at radius 2 is 2.26 bits per heavy atom. The number of benzene rings is 1. The first-order valence-corrected chi connectivity index (χ1v) is 6.85. The van der Waals surface area contributed by atoms with Gasteiger partial charge in [-0.2, -0.15) is 0 Å². The second-order valence-electron chi connectivity index (χ2n) is 4.46. The van der Waals surface area contributed by atoms with Crippen LogP contribution in [0.15, 0.2) is 34.9 Å². The molecule has 2 rings (SSSR count). The van der Waals surface area contributed by atoms with Gasteiger partial charge >= 0.3 is 5.97 Å². The van der Waals surface area contributed by atoms with Crippen LogP contribution < -0.4 is 5.32 Å². The Hall–Kier alpha value is -2.67. The molecule has 0 spiro atoms. The highest BCUT2D eigenvalue weighted by Gasteiger charge is 2.09. The highest BCUT2D eigenvalue weighted by Crippen LogP contribution is 2.20. The van der Waals surface area contributed by atoms with E-state index in [0.29, 0.717) is 5.69 Å². The van der Waals surface area contributed by atoms with Crippen molar-refractivity contribution in [2.45, 2.75) is 6.92 Å². The number of hydrogen-bond donors (Lipinski definition) is 1. The van der Waals surface area contributed by atoms with Crippen LogP contribution in [0.25, 0.3) is 6.08 Å². The molecule has 0 saturated carbocycles. The Labute approximate surface area is 135 Å². The van der Waals surface area contributed by atoms with Crippen LogP contribution in [0.2, 0.25) is 5.02 Å². The van der Waals surface area contributed by atoms with Crippen molar-refractivity contribution in [2.75, 3.05) is 11.9 Å². The molecule has 0 aliphatic heterocycles. The summed E-state index contributed by atoms with van der Waals surface area (Å²) < 4.78 is 23.0. The third-order valence-corrected chi connectivity index (χ3v) is 2.95. The van der Waals surface area contributed by atoms with Crippen LogP contribution >= 0.6 is 11.6 Å². The van der Waals surface area contributed by atoms with Gasteiger partial charge in [0.25, 0.3) is 5.91 Å². The molecule has 0 unspecified atom stereocenters. The fraction of sp³-hybridized carbons (Fsp3) is 0.133. The van der Waals surface area contributed by atoms with E-state index in [9.17, 15) is 14.0 Å². The maximum Gasteiger partial charge on any atom is 0.331 e. The zero-order valence-corrected chi connectivity index (χ0v) is 12.8. The Bertz CT molecular complexity index is 737. The Kier molecular flexibility index (Phi) is 5.48. The molecular weight excluding hydrogens is 327 g/mol. The molecule has 0 aliphatic carbocycles. The molecule has 1 N–H and O–H groups in total. The molecule has 1 heterocycles. The van der Waals surface area contributed by atoms with E-state index >= 15 is 0 Å². The Morgan fingerprint density at radius 3 is 2.91 bits per heavy atom. The number of amides is 1. The second kappa shape index (κ2) is 7.55. The topological polar surface area (TPSA) is 81.4 Å². The van der Waals surface area contributed by atoms with Crippen molar-refractivity contribution >= 4 is 35.4 Å². The average molecular weight is 339 g/mol. The highest BCUT2D eigenvalue weighted by molar-refractivity contribution is 6.32. The summed E-state index contributed by atoms with van der Waals surface area (Å²) in [6.07, 6.45) is 2.16. The molecule has 0 fully saturated rings. The third kappa shape index (κ3) is 4.93. The summed E-state index contributed by atoms with van der Waals surface area (Å²) >= 11 is 5.81. The van der Waals surface area contributed by atoms with Crippen molar-refractivity contribution in [1.29, 1.82) is 0 Å². The summed E-state index contributed by atoms with van der Waals surface area (Å²) in [6, 6.07) is 5.66. The summed E-state index contributed by atoms with van der Waals surface area (Å²) in [5, 5.41) is 6.11. The minimum absolute atomic E-state index is 0.0627. The fourth-order valence-electron chi connectivity index (χ4n) is 1.60. The van der Waals surface area contributed by atoms with Crippen molar-refractivity contribution in [3.63, 3.8) is 0 Å². The molecule has 1 amide bonds. The quantitative estimate of drug-likeness (QED) is 0.669. The minimum atomic E-state index is -0.812. The Morgan fingerprint density at radius 1 is 1.48 bits per heavy atom. The number of anilines is 1. The molecule has 0 saturated heterocycles. The molecule has 1 aromatic carbocycles. The van der Waals surface area contributed by atoms with Crippen LogP contribution in [0.5, 0.6) is 0 Å². The van der Waals surface area contributed by atoms with E-state index in [1.807, 2.05) is 0 Å². The van der Waals surface area contributed by atoms with Crippen molar-refractivity contribution in [1.82, 2.24) is 5.16 Å². The van der Waals surface area contributed by atoms with E-state index in [2.05, 4.69) is 10.5 Å². The highest BCUT2D eigenvalue weighted by atomic mass is 35.5. The van der Waals surface area contributed by atoms with Crippen LogP contribution in [-0.4, -0.2) is 23.6 Å². The van der Waals surface area contributed by atoms with Crippen LogP contribution in [-0.2, 0) is 14.3 Å². The van der Waals surface area contributed by atoms with Gasteiger partial charge < -0.3 is 9.26 Å². The number of hydrogen-bond acceptors (Lipinski definition) is 5. The first-order valence-electron chi connectivity index (χ1n) is 6.47. The standard InChI is InChI=1S/C15H12ClFN2O4/c1-9-7-14(23-19-9)18-13(20)8-22-15(21)6-5-10-11(16)3-2-4-12(10)17/h2-7H,8H2,1H3,(H,18,20)/b6-5-. The van der Waals surface area contributed by atoms with Gasteiger partial charge in [0.15, 0.2) is 6.61 Å². The van der Waals surface area contributed by atoms with Gasteiger partial charge in [-0.1, -0.05) is 22.8 Å². The molecule has 1 aromatic heterocycles. The largest absolute Gasteiger partial charge is 0.452 e. The first kappa shape index (κ1) is 16.7. The molecule has 0 radical (unpaired) electrons. The minimum Gasteiger partial charge on any atom is -0.452 e. The predicted molar refractivity (Wildman–Crippen MR) is 81.3 cm³/mol. The number of carbonyl (C=O) groups is 2. The van der Waals surface area contributed by atoms with Gasteiger partial charge in [0.2, 0.25) is 5.88 Å². The zero-order valence-electron chi connectivity index (χ0n) is 12.0. The van der Waals surface area contributed by atoms with Gasteiger partial charge in [-0.05, 0) is 25.1 Å². The van der Waals surface area contributed by atoms with Gasteiger partial charge in [-0.25, -0.2) is 9.18 Å². The zero-order chi connectivity index (χ0) is 16.8. The summed E-state index contributed by atoms with van der Waals surface area (Å²) in [5.74, 6) is -1.82. The van der Waals surface area contributed by atoms with Crippen LogP contribution in [0.1, 0.15) is 11.3 Å². The predicted octanol–water partition coefficient (Wildman–Crippen LogP) is 2.97. The van der Waals surface area contributed by atoms with Crippen molar-refractivity contribution < 1.29 is 23.2 Å². The molecule has 0 aliphatic rings. The van der Waals surface area contributed by atoms with E-state index in [4.69, 9.17) is 20.9 Å². The smallest absolute Gasteiger partial charge is 0.331 e. The molecule has 120 valence electrons. The number of aromatic nitrogens is 1. The average Bonchev–Trinajstić information content (AvgIpc) is 2.89. The van der Waals surface area contributed by atoms with Crippen LogP contribution in [0.3, 0.4) is 0 Å². The lowest BCUT2D eigenvalue weighted by Crippen LogP contribution is -2.19. The Balaban J connectivity index is 1.85. The number of rotatable bonds is 5. The van der Waals surface area contributed by atoms with Crippen molar-refractivity contribution in [2.24, 2.45) is 0 Å². The van der Waals surface area contributed by atoms with E-state index < -0.39 is 24.3 Å². The van der Waals surface area contributed by atoms with Gasteiger partial charge in [-0.3, -0.25) is 10.1 Å². The second-order valence-corrected chi connectivity index (χ2v) is 4.86. The molecule has 2 aromatic rings. The summed E-state index contributed by atoms with van der Waals surface area (Å²) in [6.45, 7) is 1.17. The number of ether oxygens (including phenoxy) is 1. The lowest BCUT2D eigenvalue weighted by molar-refractivity contribution is -0.142. The summed E-state index contributed by atoms with van der Waals surface area (Å²) in [4.78, 5) is 23.0. The van der Waals surface area contributed by atoms with E-state index in [0.717, 1.165) is 6.08 Å². The van der Waals surface area contributed by atoms with Gasteiger partial charge in [0.1, 0.15) is 5.82 Å². The van der Waals surface area contributed by atoms with Crippen molar-refractivity contribution in [3.8, 4) is 0 Å². The van der Waals surface area contributed by atoms with E-state index in [1.165, 1.54) is 30.3 Å². The molecule has 6 nitrogen and oxygen atoms in total. The van der Waals surface area contributed by atoms with Gasteiger partial charge in [-0.15, -0.1) is 0 Å². The lowest BCUT2D eigenvalue weighted by Gasteiger charge is -2.02. The summed E-state index contributed by atoms with van der Waals surface area (Å²) in [7, 11) is 0. The number of carbonyl (C=O) groups excluding carboxylic acids is 2. The normalized spacial score (nSPS) is 10.7.